The van der Waals surface area contributed by atoms with E-state index in [1.807, 2.05) is 6.07 Å². The van der Waals surface area contributed by atoms with E-state index in [0.29, 0.717) is 32.3 Å². The second-order valence-corrected chi connectivity index (χ2v) is 6.50. The summed E-state index contributed by atoms with van der Waals surface area (Å²) in [5, 5.41) is 14.0. The van der Waals surface area contributed by atoms with E-state index in [-0.39, 0.29) is 0 Å². The first-order valence-electron chi connectivity index (χ1n) is 6.88. The number of para-hydroxylation sites is 1. The molecule has 0 unspecified atom stereocenters. The van der Waals surface area contributed by atoms with Gasteiger partial charge in [-0.25, -0.2) is 9.97 Å². The van der Waals surface area contributed by atoms with Crippen molar-refractivity contribution < 1.29 is 0 Å². The van der Waals surface area contributed by atoms with Gasteiger partial charge < -0.3 is 5.32 Å². The highest BCUT2D eigenvalue weighted by atomic mass is 35.5. The van der Waals surface area contributed by atoms with Gasteiger partial charge in [-0.05, 0) is 30.3 Å². The molecular formula is C17H10Cl2N4S. The van der Waals surface area contributed by atoms with Gasteiger partial charge in [0.05, 0.1) is 26.2 Å². The highest BCUT2D eigenvalue weighted by molar-refractivity contribution is 7.99. The van der Waals surface area contributed by atoms with Crippen molar-refractivity contribution in [2.75, 3.05) is 5.32 Å². The number of nitrogens with zero attached hydrogens (tertiary/aromatic N) is 3. The lowest BCUT2D eigenvalue weighted by Crippen LogP contribution is -1.99. The maximum atomic E-state index is 9.14. The lowest BCUT2D eigenvalue weighted by atomic mass is 10.2. The molecule has 4 nitrogen and oxygen atoms in total. The van der Waals surface area contributed by atoms with Crippen LogP contribution in [0, 0.1) is 11.3 Å². The highest BCUT2D eigenvalue weighted by Gasteiger charge is 2.10. The van der Waals surface area contributed by atoms with E-state index in [4.69, 9.17) is 28.5 Å². The summed E-state index contributed by atoms with van der Waals surface area (Å²) in [4.78, 5) is 9.36. The Morgan fingerprint density at radius 2 is 1.75 bits per heavy atom. The molecule has 0 atom stereocenters. The van der Waals surface area contributed by atoms with Crippen molar-refractivity contribution in [3.05, 3.63) is 70.3 Å². The van der Waals surface area contributed by atoms with Crippen molar-refractivity contribution in [1.82, 2.24) is 9.97 Å². The summed E-state index contributed by atoms with van der Waals surface area (Å²) < 4.78 is 0. The average Bonchev–Trinajstić information content (AvgIpc) is 2.59. The predicted molar refractivity (Wildman–Crippen MR) is 97.1 cm³/mol. The highest BCUT2D eigenvalue weighted by Crippen LogP contribution is 2.37. The monoisotopic (exact) mass is 372 g/mol. The van der Waals surface area contributed by atoms with Crippen LogP contribution in [0.4, 0.5) is 11.6 Å². The third-order valence-corrected chi connectivity index (χ3v) is 4.98. The minimum atomic E-state index is 0.394. The molecule has 1 heterocycles. The van der Waals surface area contributed by atoms with Gasteiger partial charge in [0, 0.05) is 6.20 Å². The molecule has 2 aromatic carbocycles. The maximum absolute atomic E-state index is 9.14. The van der Waals surface area contributed by atoms with E-state index in [1.165, 1.54) is 11.8 Å². The Bertz CT molecular complexity index is 904. The Balaban J connectivity index is 1.86. The van der Waals surface area contributed by atoms with E-state index >= 15 is 0 Å². The Kier molecular flexibility index (Phi) is 5.21. The van der Waals surface area contributed by atoms with Crippen LogP contribution >= 0.6 is 35.0 Å². The standard InChI is InChI=1S/C17H10Cl2N4S/c18-12-5-3-6-13(19)16(12)24-15-8-9-21-17(23-15)22-14-7-2-1-4-11(14)10-20/h1-9H,(H,21,22,23). The fourth-order valence-corrected chi connectivity index (χ4v) is 3.38. The van der Waals surface area contributed by atoms with E-state index in [9.17, 15) is 0 Å². The Hall–Kier alpha value is -2.26. The van der Waals surface area contributed by atoms with Crippen molar-refractivity contribution in [3.8, 4) is 6.07 Å². The molecule has 0 aliphatic rings. The fourth-order valence-electron chi connectivity index (χ4n) is 1.95. The molecule has 24 heavy (non-hydrogen) atoms. The van der Waals surface area contributed by atoms with Gasteiger partial charge in [0.25, 0.3) is 0 Å². The average molecular weight is 373 g/mol. The van der Waals surface area contributed by atoms with Crippen LogP contribution in [0.5, 0.6) is 0 Å². The van der Waals surface area contributed by atoms with Crippen molar-refractivity contribution in [1.29, 1.82) is 5.26 Å². The number of hydrogen-bond donors (Lipinski definition) is 1. The molecule has 1 aromatic heterocycles. The molecule has 3 aromatic rings. The molecule has 0 aliphatic carbocycles. The van der Waals surface area contributed by atoms with Crippen LogP contribution in [-0.2, 0) is 0 Å². The molecule has 0 spiro atoms. The van der Waals surface area contributed by atoms with Gasteiger partial charge >= 0.3 is 0 Å². The van der Waals surface area contributed by atoms with Gasteiger partial charge in [-0.1, -0.05) is 53.2 Å². The SMILES string of the molecule is N#Cc1ccccc1Nc1nccc(Sc2c(Cl)cccc2Cl)n1. The number of aromatic nitrogens is 2. The first kappa shape index (κ1) is 16.6. The third kappa shape index (κ3) is 3.80. The van der Waals surface area contributed by atoms with Crippen molar-refractivity contribution in [3.63, 3.8) is 0 Å². The molecule has 7 heteroatoms. The summed E-state index contributed by atoms with van der Waals surface area (Å²) in [5.74, 6) is 0.394. The molecule has 0 saturated carbocycles. The van der Waals surface area contributed by atoms with Gasteiger partial charge in [-0.15, -0.1) is 0 Å². The molecule has 0 amide bonds. The van der Waals surface area contributed by atoms with Crippen LogP contribution in [0.3, 0.4) is 0 Å². The quantitative estimate of drug-likeness (QED) is 0.608. The number of rotatable bonds is 4. The number of nitriles is 1. The molecule has 0 radical (unpaired) electrons. The zero-order chi connectivity index (χ0) is 16.9. The van der Waals surface area contributed by atoms with Gasteiger partial charge in [0.2, 0.25) is 5.95 Å². The Morgan fingerprint density at radius 3 is 2.50 bits per heavy atom. The van der Waals surface area contributed by atoms with Crippen LogP contribution < -0.4 is 5.32 Å². The van der Waals surface area contributed by atoms with Crippen molar-refractivity contribution >= 4 is 46.6 Å². The summed E-state index contributed by atoms with van der Waals surface area (Å²) in [6.45, 7) is 0. The molecule has 0 aliphatic heterocycles. The van der Waals surface area contributed by atoms with E-state index in [2.05, 4.69) is 21.4 Å². The fraction of sp³-hybridized carbons (Fsp3) is 0. The first-order valence-corrected chi connectivity index (χ1v) is 8.45. The number of anilines is 2. The maximum Gasteiger partial charge on any atom is 0.228 e. The lowest BCUT2D eigenvalue weighted by Gasteiger charge is -2.09. The number of benzene rings is 2. The Labute approximate surface area is 153 Å². The Morgan fingerprint density at radius 1 is 1.00 bits per heavy atom. The normalized spacial score (nSPS) is 10.2. The second-order valence-electron chi connectivity index (χ2n) is 4.65. The van der Waals surface area contributed by atoms with Gasteiger partial charge in [-0.2, -0.15) is 5.26 Å². The first-order chi connectivity index (χ1) is 11.7. The minimum Gasteiger partial charge on any atom is -0.323 e. The second kappa shape index (κ2) is 7.54. The number of halogens is 2. The van der Waals surface area contributed by atoms with Gasteiger partial charge in [0.15, 0.2) is 0 Å². The summed E-state index contributed by atoms with van der Waals surface area (Å²) in [6.07, 6.45) is 1.64. The van der Waals surface area contributed by atoms with Crippen LogP contribution in [0.25, 0.3) is 0 Å². The molecule has 1 N–H and O–H groups in total. The zero-order valence-corrected chi connectivity index (χ0v) is 14.5. The lowest BCUT2D eigenvalue weighted by molar-refractivity contribution is 1.05. The summed E-state index contributed by atoms with van der Waals surface area (Å²) in [7, 11) is 0. The topological polar surface area (TPSA) is 61.6 Å². The van der Waals surface area contributed by atoms with Crippen molar-refractivity contribution in [2.24, 2.45) is 0 Å². The zero-order valence-electron chi connectivity index (χ0n) is 12.2. The molecule has 118 valence electrons. The van der Waals surface area contributed by atoms with Crippen molar-refractivity contribution in [2.45, 2.75) is 9.92 Å². The van der Waals surface area contributed by atoms with Crippen LogP contribution in [0.1, 0.15) is 5.56 Å². The third-order valence-electron chi connectivity index (χ3n) is 3.05. The smallest absolute Gasteiger partial charge is 0.228 e. The predicted octanol–water partition coefficient (Wildman–Crippen LogP) is 5.55. The molecule has 0 saturated heterocycles. The van der Waals surface area contributed by atoms with E-state index in [0.717, 1.165) is 4.90 Å². The minimum absolute atomic E-state index is 0.394. The van der Waals surface area contributed by atoms with Crippen LogP contribution in [0.15, 0.2) is 64.6 Å². The summed E-state index contributed by atoms with van der Waals surface area (Å²) >= 11 is 13.7. The largest absolute Gasteiger partial charge is 0.323 e. The number of nitrogens with one attached hydrogen (secondary N) is 1. The van der Waals surface area contributed by atoms with E-state index < -0.39 is 0 Å². The molecule has 0 bridgehead atoms. The van der Waals surface area contributed by atoms with E-state index in [1.54, 1.807) is 48.7 Å². The van der Waals surface area contributed by atoms with Crippen LogP contribution in [0.2, 0.25) is 10.0 Å². The van der Waals surface area contributed by atoms with Gasteiger partial charge in [0.1, 0.15) is 11.1 Å². The summed E-state index contributed by atoms with van der Waals surface area (Å²) in [6, 6.07) is 16.4. The molecule has 0 fully saturated rings. The van der Waals surface area contributed by atoms with Gasteiger partial charge in [-0.3, -0.25) is 0 Å². The molecular weight excluding hydrogens is 363 g/mol. The summed E-state index contributed by atoms with van der Waals surface area (Å²) in [5.41, 5.74) is 1.17. The molecule has 3 rings (SSSR count). The number of hydrogen-bond acceptors (Lipinski definition) is 5. The van der Waals surface area contributed by atoms with Crippen LogP contribution in [-0.4, -0.2) is 9.97 Å².